The molecule has 2 aromatic rings. The second kappa shape index (κ2) is 8.00. The minimum atomic E-state index is -3.45. The Balaban J connectivity index is 2.03. The number of halogens is 1. The Hall–Kier alpha value is -0.648. The van der Waals surface area contributed by atoms with E-state index in [2.05, 4.69) is 15.0 Å². The molecule has 146 valence electrons. The van der Waals surface area contributed by atoms with Crippen molar-refractivity contribution in [1.29, 1.82) is 0 Å². The van der Waals surface area contributed by atoms with Crippen molar-refractivity contribution in [3.63, 3.8) is 0 Å². The van der Waals surface area contributed by atoms with Gasteiger partial charge in [0, 0.05) is 0 Å². The number of nitrogens with zero attached hydrogens (tertiary/aromatic N) is 4. The van der Waals surface area contributed by atoms with E-state index < -0.39 is 34.6 Å². The molecule has 9 nitrogen and oxygen atoms in total. The molecule has 1 aliphatic heterocycles. The van der Waals surface area contributed by atoms with Crippen LogP contribution in [0.5, 0.6) is 0 Å². The van der Waals surface area contributed by atoms with E-state index >= 15 is 0 Å². The van der Waals surface area contributed by atoms with Crippen LogP contribution in [-0.4, -0.2) is 65.7 Å². The largest absolute Gasteiger partial charge is 0.488 e. The minimum Gasteiger partial charge on any atom is -0.408 e. The molecule has 0 aliphatic carbocycles. The third-order valence-electron chi connectivity index (χ3n) is 3.70. The van der Waals surface area contributed by atoms with Crippen LogP contribution in [0.15, 0.2) is 12.7 Å². The van der Waals surface area contributed by atoms with E-state index in [1.165, 1.54) is 6.33 Å². The lowest BCUT2D eigenvalue weighted by atomic mass is 10.3. The highest BCUT2D eigenvalue weighted by atomic mass is 35.5. The molecule has 2 aromatic heterocycles. The highest BCUT2D eigenvalue weighted by Gasteiger charge is 2.42. The van der Waals surface area contributed by atoms with Crippen LogP contribution < -0.4 is 0 Å². The molecule has 0 spiro atoms. The predicted molar refractivity (Wildman–Crippen MR) is 105 cm³/mol. The first-order chi connectivity index (χ1) is 12.6. The van der Waals surface area contributed by atoms with Gasteiger partial charge in [-0.25, -0.2) is 19.8 Å². The molecule has 1 saturated heterocycles. The summed E-state index contributed by atoms with van der Waals surface area (Å²) in [6.07, 6.45) is 1.34. The Labute approximate surface area is 165 Å². The molecule has 1 unspecified atom stereocenters. The molecule has 0 amide bonds. The van der Waals surface area contributed by atoms with Crippen molar-refractivity contribution in [3.05, 3.63) is 17.8 Å². The summed E-state index contributed by atoms with van der Waals surface area (Å²) in [6.45, 7) is 8.01. The first-order valence-electron chi connectivity index (χ1n) is 8.41. The monoisotopic (exact) mass is 431 g/mol. The molecule has 3 rings (SSSR count). The quantitative estimate of drug-likeness (QED) is 0.449. The molecular weight excluding hydrogens is 410 g/mol. The van der Waals surface area contributed by atoms with Gasteiger partial charge < -0.3 is 9.16 Å². The van der Waals surface area contributed by atoms with Gasteiger partial charge in [-0.2, -0.15) is 9.05 Å². The van der Waals surface area contributed by atoms with E-state index in [9.17, 15) is 4.89 Å². The zero-order chi connectivity index (χ0) is 19.8. The van der Waals surface area contributed by atoms with E-state index in [1.54, 1.807) is 10.9 Å². The summed E-state index contributed by atoms with van der Waals surface area (Å²) in [5, 5.41) is 0.249. The standard InChI is InChI=1S/C14H22BClN4O5PSi/c1-9-5-22-26(15,21)23-6-10(25-27(2,3)4)14(24-9)20-8-19-11-12(16)17-7-18-13(11)20/h7-10,14,21H,5-6H2,1-4H3/q+1/t9-,10-,14+,26?/m0/s1. The molecule has 13 heteroatoms. The summed E-state index contributed by atoms with van der Waals surface area (Å²) in [5.74, 6) is 0. The Morgan fingerprint density at radius 3 is 2.70 bits per heavy atom. The maximum atomic E-state index is 10.2. The molecule has 1 aliphatic rings. The Kier molecular flexibility index (Phi) is 6.24. The molecule has 1 N–H and O–H groups in total. The van der Waals surface area contributed by atoms with E-state index in [0.717, 1.165) is 0 Å². The number of hydrogen-bond acceptors (Lipinski definition) is 8. The van der Waals surface area contributed by atoms with E-state index in [1.807, 2.05) is 26.6 Å². The number of hydrogen-bond donors (Lipinski definition) is 1. The zero-order valence-electron chi connectivity index (χ0n) is 15.6. The second-order valence-electron chi connectivity index (χ2n) is 7.25. The number of rotatable bonds is 3. The SMILES string of the molecule is [B][P+]1(O)OC[C@H](O[Si](C)(C)C)[C@H](n2cnc3c(Cl)ncnc32)O[C@@H](C)CO1. The van der Waals surface area contributed by atoms with Crippen LogP contribution in [-0.2, 0) is 18.2 Å². The van der Waals surface area contributed by atoms with Gasteiger partial charge in [0.15, 0.2) is 25.3 Å². The number of imidazole rings is 1. The molecule has 0 saturated carbocycles. The Morgan fingerprint density at radius 1 is 1.30 bits per heavy atom. The summed E-state index contributed by atoms with van der Waals surface area (Å²) in [5.41, 5.74) is 0.969. The van der Waals surface area contributed by atoms with Gasteiger partial charge in [0.1, 0.15) is 31.2 Å². The zero-order valence-corrected chi connectivity index (χ0v) is 18.2. The molecule has 27 heavy (non-hydrogen) atoms. The molecule has 0 bridgehead atoms. The minimum absolute atomic E-state index is 0.0130. The number of aromatic nitrogens is 4. The highest BCUT2D eigenvalue weighted by Crippen LogP contribution is 2.53. The number of fused-ring (bicyclic) bond motifs is 1. The van der Waals surface area contributed by atoms with Crippen LogP contribution in [0.25, 0.3) is 11.2 Å². The highest BCUT2D eigenvalue weighted by molar-refractivity contribution is 7.85. The Bertz CT molecular complexity index is 807. The molecule has 4 atom stereocenters. The van der Waals surface area contributed by atoms with Crippen molar-refractivity contribution < 1.29 is 23.1 Å². The van der Waals surface area contributed by atoms with Crippen LogP contribution in [0.4, 0.5) is 0 Å². The second-order valence-corrected chi connectivity index (χ2v) is 13.7. The third-order valence-corrected chi connectivity index (χ3v) is 6.03. The lowest BCUT2D eigenvalue weighted by Gasteiger charge is -2.33. The van der Waals surface area contributed by atoms with Crippen molar-refractivity contribution in [2.45, 2.75) is 45.0 Å². The van der Waals surface area contributed by atoms with Crippen molar-refractivity contribution in [1.82, 2.24) is 19.5 Å². The molecular formula is C14H22BClN4O5PSi+. The van der Waals surface area contributed by atoms with Gasteiger partial charge >= 0.3 is 15.4 Å². The van der Waals surface area contributed by atoms with E-state index in [-0.39, 0.29) is 18.4 Å². The Morgan fingerprint density at radius 2 is 2.00 bits per heavy atom. The topological polar surface area (TPSA) is 101 Å². The van der Waals surface area contributed by atoms with Gasteiger partial charge in [0.25, 0.3) is 0 Å². The summed E-state index contributed by atoms with van der Waals surface area (Å²) < 4.78 is 25.0. The van der Waals surface area contributed by atoms with E-state index in [4.69, 9.17) is 37.4 Å². The summed E-state index contributed by atoms with van der Waals surface area (Å²) in [6, 6.07) is 0. The van der Waals surface area contributed by atoms with Crippen LogP contribution in [0.2, 0.25) is 24.8 Å². The number of ether oxygens (including phenoxy) is 1. The van der Waals surface area contributed by atoms with Gasteiger partial charge in [-0.3, -0.25) is 4.57 Å². The van der Waals surface area contributed by atoms with Crippen molar-refractivity contribution in [3.8, 4) is 0 Å². The van der Waals surface area contributed by atoms with Crippen molar-refractivity contribution in [2.75, 3.05) is 13.2 Å². The summed E-state index contributed by atoms with van der Waals surface area (Å²) in [7, 11) is 0.289. The first kappa shape index (κ1) is 21.1. The van der Waals surface area contributed by atoms with Gasteiger partial charge in [0.05, 0.1) is 12.4 Å². The molecule has 0 aromatic carbocycles. The normalized spacial score (nSPS) is 30.7. The fourth-order valence-electron chi connectivity index (χ4n) is 2.68. The average Bonchev–Trinajstić information content (AvgIpc) is 3.00. The van der Waals surface area contributed by atoms with E-state index in [0.29, 0.717) is 11.2 Å². The van der Waals surface area contributed by atoms with Crippen LogP contribution in [0.1, 0.15) is 13.2 Å². The average molecular weight is 432 g/mol. The van der Waals surface area contributed by atoms with Gasteiger partial charge in [-0.15, -0.1) is 0 Å². The van der Waals surface area contributed by atoms with Gasteiger partial charge in [-0.05, 0) is 26.6 Å². The fraction of sp³-hybridized carbons (Fsp3) is 0.643. The van der Waals surface area contributed by atoms with Crippen molar-refractivity contribution in [2.24, 2.45) is 0 Å². The van der Waals surface area contributed by atoms with Gasteiger partial charge in [-0.1, -0.05) is 11.6 Å². The molecule has 1 fully saturated rings. The summed E-state index contributed by atoms with van der Waals surface area (Å²) >= 11 is 6.12. The maximum absolute atomic E-state index is 10.2. The predicted octanol–water partition coefficient (Wildman–Crippen LogP) is 2.49. The van der Waals surface area contributed by atoms with Crippen LogP contribution in [0, 0.1) is 0 Å². The van der Waals surface area contributed by atoms with Crippen LogP contribution in [0.3, 0.4) is 0 Å². The molecule has 2 radical (unpaired) electrons. The smallest absolute Gasteiger partial charge is 0.408 e. The first-order valence-corrected chi connectivity index (χ1v) is 13.8. The van der Waals surface area contributed by atoms with Crippen molar-refractivity contribution >= 4 is 46.5 Å². The van der Waals surface area contributed by atoms with Gasteiger partial charge in [0.2, 0.25) is 0 Å². The lowest BCUT2D eigenvalue weighted by molar-refractivity contribution is -0.115. The maximum Gasteiger partial charge on any atom is 0.488 e. The molecule has 3 heterocycles. The third kappa shape index (κ3) is 5.24. The fourth-order valence-corrected chi connectivity index (χ4v) is 4.81. The summed E-state index contributed by atoms with van der Waals surface area (Å²) in [4.78, 5) is 22.7. The van der Waals surface area contributed by atoms with Crippen LogP contribution >= 0.6 is 19.4 Å². The lowest BCUT2D eigenvalue weighted by Crippen LogP contribution is -2.41.